The van der Waals surface area contributed by atoms with Crippen molar-refractivity contribution in [3.05, 3.63) is 41.6 Å². The van der Waals surface area contributed by atoms with Crippen LogP contribution in [0.2, 0.25) is 0 Å². The highest BCUT2D eigenvalue weighted by atomic mass is 16.6. The van der Waals surface area contributed by atoms with Crippen molar-refractivity contribution in [3.8, 4) is 5.75 Å². The van der Waals surface area contributed by atoms with Crippen LogP contribution in [0.1, 0.15) is 125 Å². The van der Waals surface area contributed by atoms with Crippen LogP contribution in [0.5, 0.6) is 5.75 Å². The van der Waals surface area contributed by atoms with E-state index < -0.39 is 35.0 Å². The standard InChI is InChI=1S/C36H57N5O8/c1-33(2,3)45-22-27(37-28(42)24-17-19-41(20-18-24)32(44)49-36(10,11)12)30-40-39-29(46-30)26(38-31(43)48-35(7,8)9)21-23-13-15-25(16-14-23)47-34(4,5)6/h13-16,24,26-27H,17-22H2,1-12H3,(H,37,42)(H,38,43)/t26-,27-/m0/s1. The number of nitrogens with one attached hydrogen (secondary N) is 2. The van der Waals surface area contributed by atoms with Crippen LogP contribution in [0.4, 0.5) is 9.59 Å². The van der Waals surface area contributed by atoms with Crippen LogP contribution in [0.3, 0.4) is 0 Å². The molecule has 3 rings (SSSR count). The Bertz CT molecular complexity index is 1390. The summed E-state index contributed by atoms with van der Waals surface area (Å²) < 4.78 is 29.2. The minimum absolute atomic E-state index is 0.0764. The van der Waals surface area contributed by atoms with E-state index in [1.165, 1.54) is 0 Å². The Morgan fingerprint density at radius 1 is 0.776 bits per heavy atom. The van der Waals surface area contributed by atoms with Gasteiger partial charge in [-0.1, -0.05) is 12.1 Å². The van der Waals surface area contributed by atoms with E-state index >= 15 is 0 Å². The summed E-state index contributed by atoms with van der Waals surface area (Å²) in [4.78, 5) is 40.6. The second kappa shape index (κ2) is 15.8. The monoisotopic (exact) mass is 687 g/mol. The molecule has 3 amide bonds. The fourth-order valence-corrected chi connectivity index (χ4v) is 4.91. The SMILES string of the molecule is CC(C)(C)OC[C@H](NC(=O)C1CCN(C(=O)OC(C)(C)C)CC1)c1nnc([C@H](Cc2ccc(OC(C)(C)C)cc2)NC(=O)OC(C)(C)C)o1. The number of benzene rings is 1. The maximum absolute atomic E-state index is 13.5. The fraction of sp³-hybridized carbons (Fsp3) is 0.694. The summed E-state index contributed by atoms with van der Waals surface area (Å²) in [6, 6.07) is 6.08. The van der Waals surface area contributed by atoms with Gasteiger partial charge in [0, 0.05) is 25.4 Å². The zero-order valence-corrected chi connectivity index (χ0v) is 31.4. The van der Waals surface area contributed by atoms with E-state index in [4.69, 9.17) is 23.4 Å². The number of carbonyl (C=O) groups excluding carboxylic acids is 3. The van der Waals surface area contributed by atoms with Crippen LogP contribution >= 0.6 is 0 Å². The number of amides is 3. The molecule has 1 aliphatic heterocycles. The molecule has 2 aromatic rings. The van der Waals surface area contributed by atoms with E-state index in [0.717, 1.165) is 11.3 Å². The first-order valence-corrected chi connectivity index (χ1v) is 17.0. The zero-order chi connectivity index (χ0) is 36.8. The molecule has 0 unspecified atom stereocenters. The number of carbonyl (C=O) groups is 3. The Labute approximate surface area is 291 Å². The van der Waals surface area contributed by atoms with Gasteiger partial charge in [-0.25, -0.2) is 9.59 Å². The van der Waals surface area contributed by atoms with Crippen molar-refractivity contribution in [2.24, 2.45) is 5.92 Å². The van der Waals surface area contributed by atoms with Crippen molar-refractivity contribution >= 4 is 18.1 Å². The summed E-state index contributed by atoms with van der Waals surface area (Å²) in [6.07, 6.45) is 0.263. The molecule has 0 spiro atoms. The van der Waals surface area contributed by atoms with Gasteiger partial charge < -0.3 is 38.9 Å². The predicted molar refractivity (Wildman–Crippen MR) is 184 cm³/mol. The van der Waals surface area contributed by atoms with Crippen LogP contribution < -0.4 is 15.4 Å². The molecule has 1 aliphatic rings. The maximum atomic E-state index is 13.5. The Morgan fingerprint density at radius 3 is 1.84 bits per heavy atom. The number of rotatable bonds is 10. The number of aromatic nitrogens is 2. The fourth-order valence-electron chi connectivity index (χ4n) is 4.91. The molecule has 49 heavy (non-hydrogen) atoms. The van der Waals surface area contributed by atoms with E-state index in [0.29, 0.717) is 32.4 Å². The molecule has 0 bridgehead atoms. The third-order valence-corrected chi connectivity index (χ3v) is 7.05. The molecule has 1 aromatic heterocycles. The highest BCUT2D eigenvalue weighted by Crippen LogP contribution is 2.26. The van der Waals surface area contributed by atoms with Crippen molar-refractivity contribution in [2.75, 3.05) is 19.7 Å². The first-order chi connectivity index (χ1) is 22.5. The Kier molecular flexibility index (Phi) is 12.7. The number of hydrogen-bond acceptors (Lipinski definition) is 10. The van der Waals surface area contributed by atoms with Gasteiger partial charge in [-0.15, -0.1) is 10.2 Å². The lowest BCUT2D eigenvalue weighted by Gasteiger charge is -2.33. The molecule has 2 heterocycles. The Balaban J connectivity index is 1.80. The molecule has 0 saturated carbocycles. The summed E-state index contributed by atoms with van der Waals surface area (Å²) in [5, 5.41) is 14.5. The normalized spacial score (nSPS) is 16.0. The van der Waals surface area contributed by atoms with Gasteiger partial charge >= 0.3 is 12.2 Å². The summed E-state index contributed by atoms with van der Waals surface area (Å²) in [6.45, 7) is 23.4. The number of ether oxygens (including phenoxy) is 4. The minimum Gasteiger partial charge on any atom is -0.488 e. The molecule has 13 nitrogen and oxygen atoms in total. The zero-order valence-electron chi connectivity index (χ0n) is 31.4. The smallest absolute Gasteiger partial charge is 0.410 e. The first-order valence-electron chi connectivity index (χ1n) is 17.0. The number of alkyl carbamates (subject to hydrolysis) is 1. The lowest BCUT2D eigenvalue weighted by atomic mass is 9.96. The van der Waals surface area contributed by atoms with Crippen LogP contribution in [0.25, 0.3) is 0 Å². The molecule has 1 aromatic carbocycles. The van der Waals surface area contributed by atoms with Gasteiger partial charge in [-0.3, -0.25) is 4.79 Å². The van der Waals surface area contributed by atoms with E-state index in [-0.39, 0.29) is 41.9 Å². The largest absolute Gasteiger partial charge is 0.488 e. The summed E-state index contributed by atoms with van der Waals surface area (Å²) >= 11 is 0. The number of nitrogens with zero attached hydrogens (tertiary/aromatic N) is 3. The van der Waals surface area contributed by atoms with Gasteiger partial charge in [-0.05, 0) is 114 Å². The second-order valence-corrected chi connectivity index (χ2v) is 16.5. The molecule has 0 aliphatic carbocycles. The highest BCUT2D eigenvalue weighted by molar-refractivity contribution is 5.79. The number of likely N-dealkylation sites (tertiary alicyclic amines) is 1. The average molecular weight is 688 g/mol. The van der Waals surface area contributed by atoms with Crippen molar-refractivity contribution < 1.29 is 37.7 Å². The molecule has 2 N–H and O–H groups in total. The van der Waals surface area contributed by atoms with Crippen LogP contribution in [0, 0.1) is 5.92 Å². The number of piperidine rings is 1. The molecule has 1 saturated heterocycles. The third kappa shape index (κ3) is 14.3. The topological polar surface area (TPSA) is 154 Å². The lowest BCUT2D eigenvalue weighted by Crippen LogP contribution is -2.46. The van der Waals surface area contributed by atoms with Crippen molar-refractivity contribution in [1.29, 1.82) is 0 Å². The van der Waals surface area contributed by atoms with Crippen LogP contribution in [-0.4, -0.2) is 75.3 Å². The van der Waals surface area contributed by atoms with Crippen LogP contribution in [-0.2, 0) is 25.4 Å². The molecular weight excluding hydrogens is 630 g/mol. The molecule has 2 atom stereocenters. The van der Waals surface area contributed by atoms with E-state index in [1.54, 1.807) is 25.7 Å². The van der Waals surface area contributed by atoms with Crippen molar-refractivity contribution in [2.45, 2.75) is 137 Å². The molecule has 1 fully saturated rings. The maximum Gasteiger partial charge on any atom is 0.410 e. The minimum atomic E-state index is -0.757. The van der Waals surface area contributed by atoms with E-state index in [9.17, 15) is 14.4 Å². The van der Waals surface area contributed by atoms with Gasteiger partial charge in [-0.2, -0.15) is 0 Å². The molecule has 0 radical (unpaired) electrons. The van der Waals surface area contributed by atoms with Gasteiger partial charge in [0.05, 0.1) is 12.2 Å². The first kappa shape index (κ1) is 39.6. The number of hydrogen-bond donors (Lipinski definition) is 2. The van der Waals surface area contributed by atoms with Crippen molar-refractivity contribution in [1.82, 2.24) is 25.7 Å². The van der Waals surface area contributed by atoms with Gasteiger partial charge in [0.25, 0.3) is 0 Å². The Hall–Kier alpha value is -3.87. The Morgan fingerprint density at radius 2 is 1.33 bits per heavy atom. The summed E-state index contributed by atoms with van der Waals surface area (Å²) in [7, 11) is 0. The molecule has 274 valence electrons. The second-order valence-electron chi connectivity index (χ2n) is 16.5. The van der Waals surface area contributed by atoms with E-state index in [2.05, 4.69) is 20.8 Å². The molecule has 13 heteroatoms. The molecular formula is C36H57N5O8. The van der Waals surface area contributed by atoms with E-state index in [1.807, 2.05) is 86.6 Å². The lowest BCUT2D eigenvalue weighted by molar-refractivity contribution is -0.128. The summed E-state index contributed by atoms with van der Waals surface area (Å²) in [5.74, 6) is 0.485. The quantitative estimate of drug-likeness (QED) is 0.277. The van der Waals surface area contributed by atoms with Gasteiger partial charge in [0.2, 0.25) is 17.7 Å². The van der Waals surface area contributed by atoms with Crippen molar-refractivity contribution in [3.63, 3.8) is 0 Å². The summed E-state index contributed by atoms with van der Waals surface area (Å²) in [5.41, 5.74) is -1.28. The van der Waals surface area contributed by atoms with Gasteiger partial charge in [0.15, 0.2) is 0 Å². The third-order valence-electron chi connectivity index (χ3n) is 7.05. The predicted octanol–water partition coefficient (Wildman–Crippen LogP) is 6.67. The average Bonchev–Trinajstić information content (AvgIpc) is 3.43. The van der Waals surface area contributed by atoms with Crippen LogP contribution in [0.15, 0.2) is 28.7 Å². The highest BCUT2D eigenvalue weighted by Gasteiger charge is 2.33. The van der Waals surface area contributed by atoms with Gasteiger partial charge in [0.1, 0.15) is 34.6 Å².